The summed E-state index contributed by atoms with van der Waals surface area (Å²) < 4.78 is 2.35. The van der Waals surface area contributed by atoms with Crippen LogP contribution in [0.5, 0.6) is 0 Å². The molecule has 2 nitrogen and oxygen atoms in total. The number of fused-ring (bicyclic) bond motifs is 1. The molecule has 1 unspecified atom stereocenters. The van der Waals surface area contributed by atoms with Crippen LogP contribution in [0.25, 0.3) is 10.9 Å². The highest BCUT2D eigenvalue weighted by molar-refractivity contribution is 6.31. The van der Waals surface area contributed by atoms with Crippen molar-refractivity contribution < 1.29 is 0 Å². The molecule has 0 fully saturated rings. The highest BCUT2D eigenvalue weighted by atomic mass is 35.5. The maximum absolute atomic E-state index is 6.09. The molecule has 0 radical (unpaired) electrons. The normalized spacial score (nSPS) is 12.7. The lowest BCUT2D eigenvalue weighted by Crippen LogP contribution is -2.17. The Bertz CT molecular complexity index is 718. The van der Waals surface area contributed by atoms with E-state index in [0.717, 1.165) is 18.0 Å². The molecule has 0 saturated heterocycles. The summed E-state index contributed by atoms with van der Waals surface area (Å²) in [6.07, 6.45) is 3.21. The summed E-state index contributed by atoms with van der Waals surface area (Å²) in [7, 11) is 2.00. The van der Waals surface area contributed by atoms with Gasteiger partial charge in [0.25, 0.3) is 0 Å². The molecule has 3 aromatic rings. The minimum Gasteiger partial charge on any atom is -0.340 e. The molecular weight excluding hydrogens is 280 g/mol. The average molecular weight is 299 g/mol. The van der Waals surface area contributed by atoms with Gasteiger partial charge in [-0.05, 0) is 49.8 Å². The minimum atomic E-state index is 0.331. The summed E-state index contributed by atoms with van der Waals surface area (Å²) in [5.74, 6) is 0. The Labute approximate surface area is 130 Å². The molecule has 0 amide bonds. The second-order valence-electron chi connectivity index (χ2n) is 5.24. The third kappa shape index (κ3) is 2.97. The zero-order valence-corrected chi connectivity index (χ0v) is 12.8. The Hall–Kier alpha value is -1.77. The van der Waals surface area contributed by atoms with Crippen molar-refractivity contribution in [2.45, 2.75) is 12.5 Å². The third-order valence-corrected chi connectivity index (χ3v) is 4.11. The van der Waals surface area contributed by atoms with Crippen LogP contribution in [-0.4, -0.2) is 18.2 Å². The molecule has 3 rings (SSSR count). The second kappa shape index (κ2) is 6.33. The van der Waals surface area contributed by atoms with Crippen molar-refractivity contribution >= 4 is 22.5 Å². The zero-order chi connectivity index (χ0) is 14.7. The van der Waals surface area contributed by atoms with Gasteiger partial charge in [0.15, 0.2) is 0 Å². The van der Waals surface area contributed by atoms with E-state index in [1.54, 1.807) is 0 Å². The lowest BCUT2D eigenvalue weighted by Gasteiger charge is -2.21. The first-order valence-corrected chi connectivity index (χ1v) is 7.63. The van der Waals surface area contributed by atoms with E-state index in [2.05, 4.69) is 58.5 Å². The van der Waals surface area contributed by atoms with Gasteiger partial charge in [0.2, 0.25) is 0 Å². The lowest BCUT2D eigenvalue weighted by molar-refractivity contribution is 0.539. The molecule has 21 heavy (non-hydrogen) atoms. The molecule has 0 aliphatic carbocycles. The van der Waals surface area contributed by atoms with Crippen LogP contribution in [0.15, 0.2) is 60.8 Å². The standard InChI is InChI=1S/C18H19ClN2/c1-20-11-9-18(14-5-3-2-4-6-14)21-12-10-15-13-16(19)7-8-17(15)21/h2-8,10,12-13,18,20H,9,11H2,1H3. The molecule has 108 valence electrons. The van der Waals surface area contributed by atoms with Crippen LogP contribution in [0, 0.1) is 0 Å². The van der Waals surface area contributed by atoms with E-state index < -0.39 is 0 Å². The smallest absolute Gasteiger partial charge is 0.0598 e. The van der Waals surface area contributed by atoms with Gasteiger partial charge in [-0.1, -0.05) is 41.9 Å². The maximum atomic E-state index is 6.09. The van der Waals surface area contributed by atoms with Gasteiger partial charge in [0.1, 0.15) is 0 Å². The van der Waals surface area contributed by atoms with E-state index in [4.69, 9.17) is 11.6 Å². The molecule has 0 spiro atoms. The van der Waals surface area contributed by atoms with E-state index in [1.165, 1.54) is 16.5 Å². The Morgan fingerprint density at radius 2 is 1.90 bits per heavy atom. The fourth-order valence-corrected chi connectivity index (χ4v) is 3.01. The Morgan fingerprint density at radius 3 is 2.67 bits per heavy atom. The summed E-state index contributed by atoms with van der Waals surface area (Å²) >= 11 is 6.09. The lowest BCUT2D eigenvalue weighted by atomic mass is 10.0. The van der Waals surface area contributed by atoms with E-state index >= 15 is 0 Å². The molecular formula is C18H19ClN2. The average Bonchev–Trinajstić information content (AvgIpc) is 2.92. The first-order chi connectivity index (χ1) is 10.3. The number of nitrogens with zero attached hydrogens (tertiary/aromatic N) is 1. The van der Waals surface area contributed by atoms with E-state index in [-0.39, 0.29) is 0 Å². The number of rotatable bonds is 5. The molecule has 1 heterocycles. The van der Waals surface area contributed by atoms with Crippen molar-refractivity contribution in [3.05, 3.63) is 71.4 Å². The second-order valence-corrected chi connectivity index (χ2v) is 5.68. The van der Waals surface area contributed by atoms with Crippen molar-refractivity contribution in [3.8, 4) is 0 Å². The van der Waals surface area contributed by atoms with E-state index in [9.17, 15) is 0 Å². The van der Waals surface area contributed by atoms with Crippen molar-refractivity contribution in [1.29, 1.82) is 0 Å². The SMILES string of the molecule is CNCCC(c1ccccc1)n1ccc2cc(Cl)ccc21. The summed E-state index contributed by atoms with van der Waals surface area (Å²) in [5.41, 5.74) is 2.56. The van der Waals surface area contributed by atoms with Crippen molar-refractivity contribution in [2.24, 2.45) is 0 Å². The van der Waals surface area contributed by atoms with Gasteiger partial charge >= 0.3 is 0 Å². The Morgan fingerprint density at radius 1 is 1.10 bits per heavy atom. The van der Waals surface area contributed by atoms with Crippen LogP contribution in [0.4, 0.5) is 0 Å². The number of benzene rings is 2. The van der Waals surface area contributed by atoms with Crippen LogP contribution < -0.4 is 5.32 Å². The Balaban J connectivity index is 2.06. The van der Waals surface area contributed by atoms with Crippen molar-refractivity contribution in [2.75, 3.05) is 13.6 Å². The fraction of sp³-hybridized carbons (Fsp3) is 0.222. The van der Waals surface area contributed by atoms with E-state index in [1.807, 2.05) is 19.2 Å². The number of aromatic nitrogens is 1. The quantitative estimate of drug-likeness (QED) is 0.734. The van der Waals surface area contributed by atoms with Gasteiger partial charge in [0.05, 0.1) is 6.04 Å². The number of nitrogens with one attached hydrogen (secondary N) is 1. The van der Waals surface area contributed by atoms with Gasteiger partial charge in [-0.2, -0.15) is 0 Å². The van der Waals surface area contributed by atoms with Gasteiger partial charge in [0, 0.05) is 22.1 Å². The zero-order valence-electron chi connectivity index (χ0n) is 12.1. The predicted molar refractivity (Wildman–Crippen MR) is 90.1 cm³/mol. The molecule has 1 aromatic heterocycles. The number of halogens is 1. The molecule has 0 saturated carbocycles. The third-order valence-electron chi connectivity index (χ3n) is 3.87. The Kier molecular flexibility index (Phi) is 4.28. The van der Waals surface area contributed by atoms with Crippen LogP contribution in [-0.2, 0) is 0 Å². The molecule has 3 heteroatoms. The highest BCUT2D eigenvalue weighted by Crippen LogP contribution is 2.28. The molecule has 0 aliphatic heterocycles. The maximum Gasteiger partial charge on any atom is 0.0598 e. The fourth-order valence-electron chi connectivity index (χ4n) is 2.83. The summed E-state index contributed by atoms with van der Waals surface area (Å²) in [4.78, 5) is 0. The van der Waals surface area contributed by atoms with Gasteiger partial charge in [-0.25, -0.2) is 0 Å². The van der Waals surface area contributed by atoms with Gasteiger partial charge in [-0.3, -0.25) is 0 Å². The summed E-state index contributed by atoms with van der Waals surface area (Å²) in [6, 6.07) is 19.2. The highest BCUT2D eigenvalue weighted by Gasteiger charge is 2.15. The van der Waals surface area contributed by atoms with Crippen molar-refractivity contribution in [3.63, 3.8) is 0 Å². The predicted octanol–water partition coefficient (Wildman–Crippen LogP) is 4.49. The number of hydrogen-bond acceptors (Lipinski definition) is 1. The molecule has 1 N–H and O–H groups in total. The number of hydrogen-bond donors (Lipinski definition) is 1. The first kappa shape index (κ1) is 14.2. The van der Waals surface area contributed by atoms with Crippen LogP contribution in [0.2, 0.25) is 5.02 Å². The van der Waals surface area contributed by atoms with E-state index in [0.29, 0.717) is 6.04 Å². The molecule has 2 aromatic carbocycles. The molecule has 0 aliphatic rings. The first-order valence-electron chi connectivity index (χ1n) is 7.25. The monoisotopic (exact) mass is 298 g/mol. The van der Waals surface area contributed by atoms with Crippen LogP contribution >= 0.6 is 11.6 Å². The van der Waals surface area contributed by atoms with Gasteiger partial charge < -0.3 is 9.88 Å². The summed E-state index contributed by atoms with van der Waals surface area (Å²) in [5, 5.41) is 5.22. The largest absolute Gasteiger partial charge is 0.340 e. The topological polar surface area (TPSA) is 17.0 Å². The van der Waals surface area contributed by atoms with Gasteiger partial charge in [-0.15, -0.1) is 0 Å². The van der Waals surface area contributed by atoms with Crippen LogP contribution in [0.1, 0.15) is 18.0 Å². The minimum absolute atomic E-state index is 0.331. The van der Waals surface area contributed by atoms with Crippen molar-refractivity contribution in [1.82, 2.24) is 9.88 Å². The summed E-state index contributed by atoms with van der Waals surface area (Å²) in [6.45, 7) is 0.979. The molecule has 1 atom stereocenters. The van der Waals surface area contributed by atoms with Crippen LogP contribution in [0.3, 0.4) is 0 Å². The molecule has 0 bridgehead atoms.